The van der Waals surface area contributed by atoms with Gasteiger partial charge < -0.3 is 5.32 Å². The molecule has 0 saturated heterocycles. The third-order valence-corrected chi connectivity index (χ3v) is 3.25. The second kappa shape index (κ2) is 3.21. The molecular weight excluding hydrogens is 146 g/mol. The molecule has 1 heteroatoms. The highest BCUT2D eigenvalue weighted by Gasteiger charge is 2.44. The zero-order chi connectivity index (χ0) is 8.55. The van der Waals surface area contributed by atoms with Crippen molar-refractivity contribution in [2.45, 2.75) is 38.6 Å². The van der Waals surface area contributed by atoms with Gasteiger partial charge in [0.1, 0.15) is 0 Å². The van der Waals surface area contributed by atoms with Crippen LogP contribution in [0.4, 0.5) is 0 Å². The number of fused-ring (bicyclic) bond motifs is 1. The number of rotatable bonds is 3. The maximum Gasteiger partial charge on any atom is 0.0161 e. The van der Waals surface area contributed by atoms with Crippen LogP contribution < -0.4 is 5.32 Å². The largest absolute Gasteiger partial charge is 0.310 e. The predicted octanol–water partition coefficient (Wildman–Crippen LogP) is 2.34. The van der Waals surface area contributed by atoms with Crippen molar-refractivity contribution in [3.63, 3.8) is 0 Å². The minimum absolute atomic E-state index is 0.820. The molecule has 2 rings (SSSR count). The fourth-order valence-electron chi connectivity index (χ4n) is 2.47. The van der Waals surface area contributed by atoms with Gasteiger partial charge in [0, 0.05) is 12.6 Å². The third-order valence-electron chi connectivity index (χ3n) is 3.25. The van der Waals surface area contributed by atoms with Gasteiger partial charge in [0.15, 0.2) is 0 Å². The fourth-order valence-corrected chi connectivity index (χ4v) is 2.47. The van der Waals surface area contributed by atoms with Gasteiger partial charge in [-0.15, -0.1) is 0 Å². The third kappa shape index (κ3) is 1.71. The molecule has 3 unspecified atom stereocenters. The number of hydrogen-bond donors (Lipinski definition) is 1. The average Bonchev–Trinajstić information content (AvgIpc) is 2.78. The summed E-state index contributed by atoms with van der Waals surface area (Å²) in [5, 5.41) is 3.61. The highest BCUT2D eigenvalue weighted by Crippen LogP contribution is 2.49. The van der Waals surface area contributed by atoms with Crippen LogP contribution in [0.15, 0.2) is 12.2 Å². The Kier molecular flexibility index (Phi) is 2.22. The van der Waals surface area contributed by atoms with Crippen molar-refractivity contribution in [3.8, 4) is 0 Å². The van der Waals surface area contributed by atoms with E-state index in [9.17, 15) is 0 Å². The molecule has 1 nitrogen and oxygen atoms in total. The standard InChI is InChI=1S/C11H19N/c1-8(2)7-12-11-5-3-4-9-6-10(9)11/h9-12H,1,3-7H2,2H3. The average molecular weight is 165 g/mol. The smallest absolute Gasteiger partial charge is 0.0161 e. The first kappa shape index (κ1) is 8.31. The molecule has 3 atom stereocenters. The summed E-state index contributed by atoms with van der Waals surface area (Å²) in [5.74, 6) is 2.11. The van der Waals surface area contributed by atoms with Crippen LogP contribution in [0.5, 0.6) is 0 Å². The van der Waals surface area contributed by atoms with E-state index in [1.54, 1.807) is 0 Å². The second-order valence-corrected chi connectivity index (χ2v) is 4.54. The second-order valence-electron chi connectivity index (χ2n) is 4.54. The lowest BCUT2D eigenvalue weighted by atomic mass is 9.95. The zero-order valence-corrected chi connectivity index (χ0v) is 7.97. The van der Waals surface area contributed by atoms with Crippen molar-refractivity contribution in [1.82, 2.24) is 5.32 Å². The molecule has 0 heterocycles. The van der Waals surface area contributed by atoms with Gasteiger partial charge in [-0.25, -0.2) is 0 Å². The molecule has 0 aromatic carbocycles. The summed E-state index contributed by atoms with van der Waals surface area (Å²) in [5.41, 5.74) is 1.26. The summed E-state index contributed by atoms with van der Waals surface area (Å²) < 4.78 is 0. The van der Waals surface area contributed by atoms with E-state index >= 15 is 0 Å². The van der Waals surface area contributed by atoms with E-state index in [1.165, 1.54) is 31.3 Å². The van der Waals surface area contributed by atoms with Gasteiger partial charge in [0.25, 0.3) is 0 Å². The normalized spacial score (nSPS) is 38.9. The zero-order valence-electron chi connectivity index (χ0n) is 7.97. The van der Waals surface area contributed by atoms with Crippen molar-refractivity contribution < 1.29 is 0 Å². The van der Waals surface area contributed by atoms with Crippen LogP contribution in [0, 0.1) is 11.8 Å². The Hall–Kier alpha value is -0.300. The molecule has 0 aromatic rings. The Morgan fingerprint density at radius 3 is 3.08 bits per heavy atom. The maximum atomic E-state index is 3.92. The Morgan fingerprint density at radius 1 is 1.50 bits per heavy atom. The molecule has 0 radical (unpaired) electrons. The van der Waals surface area contributed by atoms with E-state index in [1.807, 2.05) is 0 Å². The van der Waals surface area contributed by atoms with Gasteiger partial charge in [0.2, 0.25) is 0 Å². The maximum absolute atomic E-state index is 3.92. The molecule has 0 bridgehead atoms. The first-order valence-corrected chi connectivity index (χ1v) is 5.15. The lowest BCUT2D eigenvalue weighted by Gasteiger charge is -2.22. The SMILES string of the molecule is C=C(C)CNC1CCCC2CC21. The molecule has 2 aliphatic carbocycles. The van der Waals surface area contributed by atoms with Crippen molar-refractivity contribution in [3.05, 3.63) is 12.2 Å². The summed E-state index contributed by atoms with van der Waals surface area (Å²) in [7, 11) is 0. The molecule has 1 N–H and O–H groups in total. The Balaban J connectivity index is 1.76. The Bertz CT molecular complexity index is 185. The summed E-state index contributed by atoms with van der Waals surface area (Å²) in [6, 6.07) is 0.820. The van der Waals surface area contributed by atoms with Gasteiger partial charge >= 0.3 is 0 Å². The number of hydrogen-bond acceptors (Lipinski definition) is 1. The number of nitrogens with one attached hydrogen (secondary N) is 1. The molecule has 0 aliphatic heterocycles. The lowest BCUT2D eigenvalue weighted by molar-refractivity contribution is 0.362. The van der Waals surface area contributed by atoms with Crippen LogP contribution in [-0.2, 0) is 0 Å². The minimum atomic E-state index is 0.820. The van der Waals surface area contributed by atoms with E-state index in [0.717, 1.165) is 24.4 Å². The van der Waals surface area contributed by atoms with E-state index in [4.69, 9.17) is 0 Å². The van der Waals surface area contributed by atoms with Crippen LogP contribution in [0.3, 0.4) is 0 Å². The topological polar surface area (TPSA) is 12.0 Å². The summed E-state index contributed by atoms with van der Waals surface area (Å²) in [6.07, 6.45) is 5.83. The van der Waals surface area contributed by atoms with Crippen molar-refractivity contribution in [2.75, 3.05) is 6.54 Å². The molecule has 0 aromatic heterocycles. The van der Waals surface area contributed by atoms with E-state index < -0.39 is 0 Å². The van der Waals surface area contributed by atoms with Gasteiger partial charge in [-0.3, -0.25) is 0 Å². The van der Waals surface area contributed by atoms with E-state index in [-0.39, 0.29) is 0 Å². The lowest BCUT2D eigenvalue weighted by Crippen LogP contribution is -2.34. The van der Waals surface area contributed by atoms with Crippen LogP contribution in [-0.4, -0.2) is 12.6 Å². The van der Waals surface area contributed by atoms with Crippen LogP contribution in [0.2, 0.25) is 0 Å². The molecule has 68 valence electrons. The summed E-state index contributed by atoms with van der Waals surface area (Å²) >= 11 is 0. The van der Waals surface area contributed by atoms with Crippen LogP contribution >= 0.6 is 0 Å². The molecule has 12 heavy (non-hydrogen) atoms. The molecular formula is C11H19N. The molecule has 2 aliphatic rings. The monoisotopic (exact) mass is 165 g/mol. The Labute approximate surface area is 75.2 Å². The molecule has 2 saturated carbocycles. The molecule has 2 fully saturated rings. The molecule has 0 amide bonds. The predicted molar refractivity (Wildman–Crippen MR) is 52.1 cm³/mol. The molecule has 0 spiro atoms. The van der Waals surface area contributed by atoms with E-state index in [0.29, 0.717) is 0 Å². The van der Waals surface area contributed by atoms with Gasteiger partial charge in [0.05, 0.1) is 0 Å². The first-order chi connectivity index (χ1) is 5.77. The highest BCUT2D eigenvalue weighted by molar-refractivity contribution is 5.00. The van der Waals surface area contributed by atoms with Gasteiger partial charge in [-0.05, 0) is 31.6 Å². The quantitative estimate of drug-likeness (QED) is 0.633. The van der Waals surface area contributed by atoms with Gasteiger partial charge in [-0.2, -0.15) is 0 Å². The van der Waals surface area contributed by atoms with E-state index in [2.05, 4.69) is 18.8 Å². The minimum Gasteiger partial charge on any atom is -0.310 e. The van der Waals surface area contributed by atoms with Gasteiger partial charge in [-0.1, -0.05) is 25.0 Å². The van der Waals surface area contributed by atoms with Crippen molar-refractivity contribution in [2.24, 2.45) is 11.8 Å². The first-order valence-electron chi connectivity index (χ1n) is 5.15. The fraction of sp³-hybridized carbons (Fsp3) is 0.818. The highest BCUT2D eigenvalue weighted by atomic mass is 14.9. The van der Waals surface area contributed by atoms with Crippen molar-refractivity contribution in [1.29, 1.82) is 0 Å². The van der Waals surface area contributed by atoms with Crippen LogP contribution in [0.1, 0.15) is 32.6 Å². The van der Waals surface area contributed by atoms with Crippen molar-refractivity contribution >= 4 is 0 Å². The van der Waals surface area contributed by atoms with Crippen LogP contribution in [0.25, 0.3) is 0 Å². The summed E-state index contributed by atoms with van der Waals surface area (Å²) in [4.78, 5) is 0. The Morgan fingerprint density at radius 2 is 2.33 bits per heavy atom. The summed E-state index contributed by atoms with van der Waals surface area (Å²) in [6.45, 7) is 7.03.